The third kappa shape index (κ3) is 5.61. The topological polar surface area (TPSA) is 128 Å². The first-order chi connectivity index (χ1) is 15.2. The molecule has 2 N–H and O–H groups in total. The van der Waals surface area contributed by atoms with Crippen LogP contribution in [0.5, 0.6) is 5.75 Å². The van der Waals surface area contributed by atoms with Crippen molar-refractivity contribution in [1.82, 2.24) is 0 Å². The molecule has 0 atom stereocenters. The van der Waals surface area contributed by atoms with Crippen LogP contribution in [0.2, 0.25) is 0 Å². The summed E-state index contributed by atoms with van der Waals surface area (Å²) in [7, 11) is -3.80. The van der Waals surface area contributed by atoms with Crippen LogP contribution < -0.4 is 14.8 Å². The van der Waals surface area contributed by atoms with Crippen LogP contribution in [0.15, 0.2) is 71.6 Å². The van der Waals surface area contributed by atoms with Gasteiger partial charge in [0, 0.05) is 11.8 Å². The molecule has 0 saturated heterocycles. The number of hydrogen-bond donors (Lipinski definition) is 2. The summed E-state index contributed by atoms with van der Waals surface area (Å²) in [6, 6.07) is 16.7. The van der Waals surface area contributed by atoms with Crippen LogP contribution in [0.25, 0.3) is 0 Å². The fraction of sp³-hybridized carbons (Fsp3) is 0.136. The number of benzene rings is 3. The van der Waals surface area contributed by atoms with E-state index in [4.69, 9.17) is 4.74 Å². The normalized spacial score (nSPS) is 10.9. The minimum absolute atomic E-state index is 0.0217. The van der Waals surface area contributed by atoms with Gasteiger partial charge in [-0.05, 0) is 55.8 Å². The van der Waals surface area contributed by atoms with Crippen molar-refractivity contribution in [2.45, 2.75) is 18.7 Å². The maximum absolute atomic E-state index is 12.6. The molecule has 0 aliphatic rings. The van der Waals surface area contributed by atoms with Gasteiger partial charge in [-0.3, -0.25) is 19.6 Å². The monoisotopic (exact) mass is 455 g/mol. The van der Waals surface area contributed by atoms with E-state index in [1.54, 1.807) is 12.1 Å². The van der Waals surface area contributed by atoms with Crippen LogP contribution in [0.3, 0.4) is 0 Å². The molecule has 9 nitrogen and oxygen atoms in total. The lowest BCUT2D eigenvalue weighted by molar-refractivity contribution is -0.385. The molecule has 3 aromatic rings. The number of nitro groups is 1. The Morgan fingerprint density at radius 3 is 2.38 bits per heavy atom. The Labute approximate surface area is 185 Å². The lowest BCUT2D eigenvalue weighted by Crippen LogP contribution is -2.20. The number of nitrogens with one attached hydrogen (secondary N) is 2. The lowest BCUT2D eigenvalue weighted by Gasteiger charge is -2.12. The number of hydrogen-bond acceptors (Lipinski definition) is 6. The number of anilines is 2. The van der Waals surface area contributed by atoms with E-state index in [0.29, 0.717) is 11.4 Å². The SMILES string of the molecule is Cc1ccc(NS(=O)(=O)c2ccc(NC(=O)COc3ccccc3[N+](=O)[O-])cc2)c(C)c1. The van der Waals surface area contributed by atoms with E-state index in [1.807, 2.05) is 26.0 Å². The van der Waals surface area contributed by atoms with Gasteiger partial charge < -0.3 is 10.1 Å². The van der Waals surface area contributed by atoms with E-state index >= 15 is 0 Å². The summed E-state index contributed by atoms with van der Waals surface area (Å²) in [5.41, 5.74) is 2.42. The number of sulfonamides is 1. The molecule has 0 saturated carbocycles. The molecule has 0 aliphatic carbocycles. The van der Waals surface area contributed by atoms with E-state index in [-0.39, 0.29) is 16.3 Å². The van der Waals surface area contributed by atoms with Gasteiger partial charge in [-0.15, -0.1) is 0 Å². The Bertz CT molecular complexity index is 1260. The zero-order chi connectivity index (χ0) is 23.3. The standard InChI is InChI=1S/C22H21N3O6S/c1-15-7-12-19(16(2)13-15)24-32(29,30)18-10-8-17(9-11-18)23-22(26)14-31-21-6-4-3-5-20(21)25(27)28/h3-13,24H,14H2,1-2H3,(H,23,26). The van der Waals surface area contributed by atoms with Gasteiger partial charge >= 0.3 is 5.69 Å². The second-order valence-electron chi connectivity index (χ2n) is 7.01. The van der Waals surface area contributed by atoms with Gasteiger partial charge in [-0.2, -0.15) is 0 Å². The zero-order valence-corrected chi connectivity index (χ0v) is 18.2. The first-order valence-electron chi connectivity index (χ1n) is 9.52. The molecule has 0 bridgehead atoms. The van der Waals surface area contributed by atoms with Crippen molar-refractivity contribution in [3.63, 3.8) is 0 Å². The molecule has 32 heavy (non-hydrogen) atoms. The first kappa shape index (κ1) is 22.8. The first-order valence-corrected chi connectivity index (χ1v) is 11.0. The number of nitro benzene ring substituents is 1. The number of para-hydroxylation sites is 2. The molecular weight excluding hydrogens is 434 g/mol. The lowest BCUT2D eigenvalue weighted by atomic mass is 10.1. The summed E-state index contributed by atoms with van der Waals surface area (Å²) in [6.07, 6.45) is 0. The van der Waals surface area contributed by atoms with Crippen molar-refractivity contribution in [2.75, 3.05) is 16.6 Å². The summed E-state index contributed by atoms with van der Waals surface area (Å²) in [6.45, 7) is 3.29. The second-order valence-corrected chi connectivity index (χ2v) is 8.69. The highest BCUT2D eigenvalue weighted by Gasteiger charge is 2.17. The summed E-state index contributed by atoms with van der Waals surface area (Å²) in [5.74, 6) is -0.571. The summed E-state index contributed by atoms with van der Waals surface area (Å²) >= 11 is 0. The molecule has 0 unspecified atom stereocenters. The summed E-state index contributed by atoms with van der Waals surface area (Å²) in [4.78, 5) is 22.5. The highest BCUT2D eigenvalue weighted by Crippen LogP contribution is 2.26. The molecular formula is C22H21N3O6S. The van der Waals surface area contributed by atoms with Crippen LogP contribution >= 0.6 is 0 Å². The smallest absolute Gasteiger partial charge is 0.310 e. The van der Waals surface area contributed by atoms with Gasteiger partial charge in [0.25, 0.3) is 15.9 Å². The van der Waals surface area contributed by atoms with Crippen LogP contribution in [0.1, 0.15) is 11.1 Å². The molecule has 0 fully saturated rings. The van der Waals surface area contributed by atoms with Gasteiger partial charge in [0.2, 0.25) is 0 Å². The quantitative estimate of drug-likeness (QED) is 0.390. The number of ether oxygens (including phenoxy) is 1. The third-order valence-corrected chi connectivity index (χ3v) is 5.88. The van der Waals surface area contributed by atoms with Gasteiger partial charge in [-0.1, -0.05) is 29.8 Å². The summed E-state index contributed by atoms with van der Waals surface area (Å²) in [5, 5.41) is 13.5. The van der Waals surface area contributed by atoms with E-state index in [1.165, 1.54) is 42.5 Å². The van der Waals surface area contributed by atoms with E-state index < -0.39 is 27.5 Å². The van der Waals surface area contributed by atoms with Crippen molar-refractivity contribution in [2.24, 2.45) is 0 Å². The molecule has 166 valence electrons. The fourth-order valence-corrected chi connectivity index (χ4v) is 4.05. The number of carbonyl (C=O) groups excluding carboxylic acids is 1. The average Bonchev–Trinajstić information content (AvgIpc) is 2.75. The Hall–Kier alpha value is -3.92. The van der Waals surface area contributed by atoms with Crippen molar-refractivity contribution in [3.05, 3.63) is 88.0 Å². The number of rotatable bonds is 8. The van der Waals surface area contributed by atoms with E-state index in [0.717, 1.165) is 11.1 Å². The van der Waals surface area contributed by atoms with Crippen molar-refractivity contribution in [1.29, 1.82) is 0 Å². The van der Waals surface area contributed by atoms with Crippen molar-refractivity contribution >= 4 is 33.0 Å². The van der Waals surface area contributed by atoms with Gasteiger partial charge in [0.05, 0.1) is 15.5 Å². The van der Waals surface area contributed by atoms with Crippen LogP contribution in [0.4, 0.5) is 17.1 Å². The molecule has 1 amide bonds. The maximum Gasteiger partial charge on any atom is 0.310 e. The maximum atomic E-state index is 12.6. The van der Waals surface area contributed by atoms with Crippen molar-refractivity contribution in [3.8, 4) is 5.75 Å². The van der Waals surface area contributed by atoms with E-state index in [9.17, 15) is 23.3 Å². The Balaban J connectivity index is 1.63. The minimum Gasteiger partial charge on any atom is -0.477 e. The Morgan fingerprint density at radius 2 is 1.72 bits per heavy atom. The number of amides is 1. The molecule has 0 aliphatic heterocycles. The number of nitrogens with zero attached hydrogens (tertiary/aromatic N) is 1. The van der Waals surface area contributed by atoms with Gasteiger partial charge in [0.15, 0.2) is 12.4 Å². The van der Waals surface area contributed by atoms with Gasteiger partial charge in [0.1, 0.15) is 0 Å². The predicted octanol–water partition coefficient (Wildman–Crippen LogP) is 4.03. The highest BCUT2D eigenvalue weighted by atomic mass is 32.2. The fourth-order valence-electron chi connectivity index (χ4n) is 2.92. The number of aryl methyl sites for hydroxylation is 2. The zero-order valence-electron chi connectivity index (χ0n) is 17.4. The molecule has 0 spiro atoms. The average molecular weight is 455 g/mol. The van der Waals surface area contributed by atoms with Gasteiger partial charge in [-0.25, -0.2) is 8.42 Å². The summed E-state index contributed by atoms with van der Waals surface area (Å²) < 4.78 is 33.1. The second kappa shape index (κ2) is 9.48. The van der Waals surface area contributed by atoms with Crippen molar-refractivity contribution < 1.29 is 22.9 Å². The Kier molecular flexibility index (Phi) is 6.74. The molecule has 0 aromatic heterocycles. The molecule has 3 rings (SSSR count). The Morgan fingerprint density at radius 1 is 1.03 bits per heavy atom. The van der Waals surface area contributed by atoms with Crippen LogP contribution in [-0.4, -0.2) is 25.9 Å². The molecule has 10 heteroatoms. The van der Waals surface area contributed by atoms with E-state index in [2.05, 4.69) is 10.0 Å². The molecule has 3 aromatic carbocycles. The largest absolute Gasteiger partial charge is 0.477 e. The highest BCUT2D eigenvalue weighted by molar-refractivity contribution is 7.92. The number of carbonyl (C=O) groups is 1. The van der Waals surface area contributed by atoms with Crippen LogP contribution in [-0.2, 0) is 14.8 Å². The van der Waals surface area contributed by atoms with Crippen LogP contribution in [0, 0.1) is 24.0 Å². The minimum atomic E-state index is -3.80. The molecule has 0 radical (unpaired) electrons. The third-order valence-electron chi connectivity index (χ3n) is 4.50. The predicted molar refractivity (Wildman–Crippen MR) is 120 cm³/mol. The molecule has 0 heterocycles.